The molecular formula is C14H24ClNO. The Hall–Kier alpha value is -0.240. The average molecular weight is 258 g/mol. The van der Waals surface area contributed by atoms with Crippen LogP contribution in [0.1, 0.15) is 47.0 Å². The van der Waals surface area contributed by atoms with Crippen LogP contribution in [0.4, 0.5) is 0 Å². The van der Waals surface area contributed by atoms with Crippen LogP contribution in [0, 0.1) is 16.7 Å². The van der Waals surface area contributed by atoms with Crippen LogP contribution in [-0.4, -0.2) is 29.3 Å². The van der Waals surface area contributed by atoms with Crippen molar-refractivity contribution in [3.8, 4) is 0 Å². The predicted octanol–water partition coefficient (Wildman–Crippen LogP) is 3.29. The third-order valence-corrected chi connectivity index (χ3v) is 4.81. The molecule has 1 heterocycles. The van der Waals surface area contributed by atoms with E-state index in [1.54, 1.807) is 0 Å². The highest BCUT2D eigenvalue weighted by Gasteiger charge is 2.51. The number of hydrogen-bond donors (Lipinski definition) is 0. The first-order valence-electron chi connectivity index (χ1n) is 6.63. The highest BCUT2D eigenvalue weighted by atomic mass is 35.5. The van der Waals surface area contributed by atoms with Crippen molar-refractivity contribution in [2.75, 3.05) is 12.4 Å². The largest absolute Gasteiger partial charge is 0.339 e. The Bertz CT molecular complexity index is 328. The monoisotopic (exact) mass is 257 g/mol. The summed E-state index contributed by atoms with van der Waals surface area (Å²) in [5.41, 5.74) is 0.699. The topological polar surface area (TPSA) is 20.3 Å². The molecule has 1 aliphatic carbocycles. The van der Waals surface area contributed by atoms with Crippen LogP contribution in [0.25, 0.3) is 0 Å². The van der Waals surface area contributed by atoms with Gasteiger partial charge in [0, 0.05) is 24.4 Å². The van der Waals surface area contributed by atoms with Crippen molar-refractivity contribution in [3.63, 3.8) is 0 Å². The molecule has 2 bridgehead atoms. The molecule has 2 rings (SSSR count). The van der Waals surface area contributed by atoms with E-state index in [0.717, 1.165) is 13.0 Å². The van der Waals surface area contributed by atoms with Gasteiger partial charge in [-0.25, -0.2) is 0 Å². The van der Waals surface area contributed by atoms with Crippen molar-refractivity contribution < 1.29 is 4.79 Å². The molecule has 2 nitrogen and oxygen atoms in total. The van der Waals surface area contributed by atoms with Gasteiger partial charge in [-0.15, -0.1) is 11.6 Å². The number of nitrogens with zero attached hydrogens (tertiary/aromatic N) is 1. The molecule has 0 radical (unpaired) electrons. The van der Waals surface area contributed by atoms with E-state index in [9.17, 15) is 4.79 Å². The summed E-state index contributed by atoms with van der Waals surface area (Å²) in [6, 6.07) is 0.446. The van der Waals surface area contributed by atoms with Crippen molar-refractivity contribution in [1.29, 1.82) is 0 Å². The van der Waals surface area contributed by atoms with Crippen LogP contribution < -0.4 is 0 Å². The highest BCUT2D eigenvalue weighted by molar-refractivity contribution is 6.19. The first-order valence-corrected chi connectivity index (χ1v) is 7.16. The predicted molar refractivity (Wildman–Crippen MR) is 71.1 cm³/mol. The third kappa shape index (κ3) is 2.47. The smallest absolute Gasteiger partial charge is 0.226 e. The molecule has 2 aliphatic rings. The minimum absolute atomic E-state index is 0.0391. The van der Waals surface area contributed by atoms with Crippen LogP contribution in [0.15, 0.2) is 0 Å². The second-order valence-corrected chi connectivity index (χ2v) is 7.54. The molecule has 0 aromatic rings. The highest BCUT2D eigenvalue weighted by Crippen LogP contribution is 2.52. The standard InChI is InChI=1S/C14H24ClNO/c1-10(7-15)12(17)16-9-14(4)6-11(16)5-13(2,3)8-14/h10-11H,5-9H2,1-4H3. The summed E-state index contributed by atoms with van der Waals surface area (Å²) in [5.74, 6) is 0.650. The summed E-state index contributed by atoms with van der Waals surface area (Å²) < 4.78 is 0. The van der Waals surface area contributed by atoms with Gasteiger partial charge >= 0.3 is 0 Å². The molecule has 1 amide bonds. The van der Waals surface area contributed by atoms with Gasteiger partial charge in [-0.3, -0.25) is 4.79 Å². The van der Waals surface area contributed by atoms with E-state index >= 15 is 0 Å². The number of rotatable bonds is 2. The Labute approximate surface area is 110 Å². The van der Waals surface area contributed by atoms with E-state index in [0.29, 0.717) is 22.8 Å². The van der Waals surface area contributed by atoms with Gasteiger partial charge < -0.3 is 4.90 Å². The molecule has 1 saturated heterocycles. The zero-order valence-electron chi connectivity index (χ0n) is 11.4. The second kappa shape index (κ2) is 4.15. The zero-order valence-corrected chi connectivity index (χ0v) is 12.2. The minimum atomic E-state index is -0.0391. The maximum absolute atomic E-state index is 12.3. The number of carbonyl (C=O) groups is 1. The van der Waals surface area contributed by atoms with Crippen molar-refractivity contribution >= 4 is 17.5 Å². The summed E-state index contributed by atoms with van der Waals surface area (Å²) in [6.45, 7) is 9.86. The SMILES string of the molecule is CC(CCl)C(=O)N1CC2(C)CC1CC(C)(C)C2. The Balaban J connectivity index is 2.16. The number of amides is 1. The minimum Gasteiger partial charge on any atom is -0.339 e. The van der Waals surface area contributed by atoms with Gasteiger partial charge in [0.25, 0.3) is 0 Å². The molecule has 98 valence electrons. The number of fused-ring (bicyclic) bond motifs is 2. The van der Waals surface area contributed by atoms with Gasteiger partial charge in [0.2, 0.25) is 5.91 Å². The molecule has 3 heteroatoms. The van der Waals surface area contributed by atoms with Crippen molar-refractivity contribution in [1.82, 2.24) is 4.90 Å². The fourth-order valence-electron chi connectivity index (χ4n) is 4.07. The van der Waals surface area contributed by atoms with Crippen LogP contribution in [0.5, 0.6) is 0 Å². The van der Waals surface area contributed by atoms with Crippen LogP contribution in [-0.2, 0) is 4.79 Å². The number of carbonyl (C=O) groups excluding carboxylic acids is 1. The summed E-state index contributed by atoms with van der Waals surface area (Å²) in [5, 5.41) is 0. The maximum Gasteiger partial charge on any atom is 0.226 e. The Kier molecular flexibility index (Phi) is 3.22. The fraction of sp³-hybridized carbons (Fsp3) is 0.929. The average Bonchev–Trinajstić information content (AvgIpc) is 2.45. The lowest BCUT2D eigenvalue weighted by molar-refractivity contribution is -0.135. The first kappa shape index (κ1) is 13.2. The second-order valence-electron chi connectivity index (χ2n) is 7.24. The molecule has 3 atom stereocenters. The number of halogens is 1. The van der Waals surface area contributed by atoms with Crippen molar-refractivity contribution in [2.45, 2.75) is 53.0 Å². The first-order chi connectivity index (χ1) is 7.76. The number of likely N-dealkylation sites (tertiary alicyclic amines) is 1. The molecule has 0 N–H and O–H groups in total. The van der Waals surface area contributed by atoms with E-state index in [1.165, 1.54) is 12.8 Å². The van der Waals surface area contributed by atoms with Crippen LogP contribution >= 0.6 is 11.6 Å². The van der Waals surface area contributed by atoms with Crippen LogP contribution in [0.3, 0.4) is 0 Å². The lowest BCUT2D eigenvalue weighted by atomic mass is 9.65. The Morgan fingerprint density at radius 2 is 2.06 bits per heavy atom. The zero-order chi connectivity index (χ0) is 12.8. The van der Waals surface area contributed by atoms with Crippen molar-refractivity contribution in [2.24, 2.45) is 16.7 Å². The quantitative estimate of drug-likeness (QED) is 0.696. The molecule has 0 aromatic carbocycles. The van der Waals surface area contributed by atoms with Crippen molar-refractivity contribution in [3.05, 3.63) is 0 Å². The molecule has 1 aliphatic heterocycles. The van der Waals surface area contributed by atoms with Gasteiger partial charge in [-0.1, -0.05) is 27.7 Å². The molecular weight excluding hydrogens is 234 g/mol. The molecule has 2 fully saturated rings. The number of alkyl halides is 1. The van der Waals surface area contributed by atoms with Gasteiger partial charge in [0.1, 0.15) is 0 Å². The molecule has 3 unspecified atom stereocenters. The molecule has 17 heavy (non-hydrogen) atoms. The lowest BCUT2D eigenvalue weighted by Crippen LogP contribution is -2.40. The van der Waals surface area contributed by atoms with E-state index in [1.807, 2.05) is 6.92 Å². The van der Waals surface area contributed by atoms with E-state index in [2.05, 4.69) is 25.7 Å². The number of hydrogen-bond acceptors (Lipinski definition) is 1. The fourth-order valence-corrected chi connectivity index (χ4v) is 4.20. The molecule has 1 saturated carbocycles. The summed E-state index contributed by atoms with van der Waals surface area (Å²) in [4.78, 5) is 14.4. The maximum atomic E-state index is 12.3. The normalized spacial score (nSPS) is 37.0. The lowest BCUT2D eigenvalue weighted by Gasteiger charge is -2.39. The molecule has 0 spiro atoms. The van der Waals surface area contributed by atoms with Gasteiger partial charge in [-0.2, -0.15) is 0 Å². The summed E-state index contributed by atoms with van der Waals surface area (Å²) in [6.07, 6.45) is 3.55. The van der Waals surface area contributed by atoms with Gasteiger partial charge in [0.05, 0.1) is 0 Å². The van der Waals surface area contributed by atoms with E-state index < -0.39 is 0 Å². The van der Waals surface area contributed by atoms with E-state index in [4.69, 9.17) is 11.6 Å². The molecule has 0 aromatic heterocycles. The third-order valence-electron chi connectivity index (χ3n) is 4.35. The van der Waals surface area contributed by atoms with E-state index in [-0.39, 0.29) is 11.8 Å². The Morgan fingerprint density at radius 3 is 2.65 bits per heavy atom. The summed E-state index contributed by atoms with van der Waals surface area (Å²) >= 11 is 5.81. The van der Waals surface area contributed by atoms with Crippen LogP contribution in [0.2, 0.25) is 0 Å². The summed E-state index contributed by atoms with van der Waals surface area (Å²) in [7, 11) is 0. The van der Waals surface area contributed by atoms with Gasteiger partial charge in [-0.05, 0) is 30.1 Å². The van der Waals surface area contributed by atoms with Gasteiger partial charge in [0.15, 0.2) is 0 Å². The Morgan fingerprint density at radius 1 is 1.41 bits per heavy atom.